The van der Waals surface area contributed by atoms with Gasteiger partial charge in [0.25, 0.3) is 0 Å². The number of ether oxygens (including phenoxy) is 3. The van der Waals surface area contributed by atoms with Crippen LogP contribution >= 0.6 is 0 Å². The smallest absolute Gasteiger partial charge is 0.306 e. The third kappa shape index (κ3) is 65.3. The molecule has 6 nitrogen and oxygen atoms in total. The molecule has 1 unspecified atom stereocenters. The predicted octanol–water partition coefficient (Wildman–Crippen LogP) is 23.4. The summed E-state index contributed by atoms with van der Waals surface area (Å²) in [6, 6.07) is 0. The van der Waals surface area contributed by atoms with Crippen LogP contribution < -0.4 is 0 Å². The minimum absolute atomic E-state index is 0.0764. The van der Waals surface area contributed by atoms with E-state index in [1.165, 1.54) is 199 Å². The molecule has 0 aliphatic carbocycles. The second kappa shape index (κ2) is 67.1. The maximum Gasteiger partial charge on any atom is 0.306 e. The van der Waals surface area contributed by atoms with Crippen LogP contribution in [0.15, 0.2) is 85.1 Å². The average molecular weight is 1100 g/mol. The Hall–Kier alpha value is -3.41. The van der Waals surface area contributed by atoms with Crippen LogP contribution in [0.25, 0.3) is 0 Å². The highest BCUT2D eigenvalue weighted by molar-refractivity contribution is 5.71. The number of hydrogen-bond acceptors (Lipinski definition) is 6. The van der Waals surface area contributed by atoms with Gasteiger partial charge in [0.15, 0.2) is 6.10 Å². The summed E-state index contributed by atoms with van der Waals surface area (Å²) in [5.41, 5.74) is 0. The van der Waals surface area contributed by atoms with Gasteiger partial charge in [-0.05, 0) is 96.3 Å². The molecular formula is C73H128O6. The van der Waals surface area contributed by atoms with E-state index in [2.05, 4.69) is 106 Å². The molecule has 0 aliphatic heterocycles. The first-order valence-electron chi connectivity index (χ1n) is 34.1. The molecule has 0 bridgehead atoms. The van der Waals surface area contributed by atoms with Gasteiger partial charge in [-0.2, -0.15) is 0 Å². The van der Waals surface area contributed by atoms with Crippen LogP contribution in [-0.2, 0) is 28.6 Å². The normalized spacial score (nSPS) is 12.6. The highest BCUT2D eigenvalue weighted by Crippen LogP contribution is 2.17. The van der Waals surface area contributed by atoms with Crippen molar-refractivity contribution in [3.63, 3.8) is 0 Å². The Labute approximate surface area is 490 Å². The summed E-state index contributed by atoms with van der Waals surface area (Å²) >= 11 is 0. The molecule has 1 atom stereocenters. The first-order chi connectivity index (χ1) is 39.0. The zero-order valence-electron chi connectivity index (χ0n) is 52.4. The fourth-order valence-corrected chi connectivity index (χ4v) is 9.80. The highest BCUT2D eigenvalue weighted by atomic mass is 16.6. The Morgan fingerprint density at radius 1 is 0.266 bits per heavy atom. The molecule has 6 heteroatoms. The lowest BCUT2D eigenvalue weighted by Crippen LogP contribution is -2.30. The lowest BCUT2D eigenvalue weighted by Gasteiger charge is -2.18. The predicted molar refractivity (Wildman–Crippen MR) is 344 cm³/mol. The lowest BCUT2D eigenvalue weighted by atomic mass is 10.0. The summed E-state index contributed by atoms with van der Waals surface area (Å²) in [6.07, 6.45) is 88.7. The van der Waals surface area contributed by atoms with Crippen molar-refractivity contribution in [3.05, 3.63) is 85.1 Å². The minimum Gasteiger partial charge on any atom is -0.462 e. The summed E-state index contributed by atoms with van der Waals surface area (Å²) in [6.45, 7) is 6.54. The molecule has 0 aliphatic rings. The van der Waals surface area contributed by atoms with Gasteiger partial charge in [0.2, 0.25) is 0 Å². The Morgan fingerprint density at radius 3 is 0.797 bits per heavy atom. The van der Waals surface area contributed by atoms with E-state index in [9.17, 15) is 14.4 Å². The third-order valence-electron chi connectivity index (χ3n) is 14.9. The largest absolute Gasteiger partial charge is 0.462 e. The van der Waals surface area contributed by atoms with Crippen LogP contribution in [0.3, 0.4) is 0 Å². The number of carbonyl (C=O) groups is 3. The molecule has 0 amide bonds. The monoisotopic (exact) mass is 1100 g/mol. The van der Waals surface area contributed by atoms with Crippen molar-refractivity contribution in [3.8, 4) is 0 Å². The zero-order valence-corrected chi connectivity index (χ0v) is 52.4. The summed E-state index contributed by atoms with van der Waals surface area (Å²) in [7, 11) is 0. The second-order valence-electron chi connectivity index (χ2n) is 22.7. The van der Waals surface area contributed by atoms with Crippen molar-refractivity contribution in [2.24, 2.45) is 0 Å². The van der Waals surface area contributed by atoms with Crippen LogP contribution in [0.4, 0.5) is 0 Å². The number of unbranched alkanes of at least 4 members (excludes halogenated alkanes) is 37. The molecule has 0 aromatic carbocycles. The zero-order chi connectivity index (χ0) is 57.1. The van der Waals surface area contributed by atoms with E-state index in [0.29, 0.717) is 19.3 Å². The van der Waals surface area contributed by atoms with E-state index in [4.69, 9.17) is 14.2 Å². The van der Waals surface area contributed by atoms with Crippen molar-refractivity contribution in [2.75, 3.05) is 13.2 Å². The molecule has 0 fully saturated rings. The van der Waals surface area contributed by atoms with Crippen LogP contribution in [-0.4, -0.2) is 37.2 Å². The number of rotatable bonds is 62. The second-order valence-corrected chi connectivity index (χ2v) is 22.7. The first kappa shape index (κ1) is 75.6. The summed E-state index contributed by atoms with van der Waals surface area (Å²) in [5, 5.41) is 0. The fraction of sp³-hybridized carbons (Fsp3) is 0.767. The number of esters is 3. The molecule has 0 aromatic rings. The van der Waals surface area contributed by atoms with Crippen molar-refractivity contribution in [1.82, 2.24) is 0 Å². The quantitative estimate of drug-likeness (QED) is 0.0261. The van der Waals surface area contributed by atoms with E-state index >= 15 is 0 Å². The average Bonchev–Trinajstić information content (AvgIpc) is 3.45. The van der Waals surface area contributed by atoms with Crippen LogP contribution in [0, 0.1) is 0 Å². The maximum atomic E-state index is 12.9. The minimum atomic E-state index is -0.782. The van der Waals surface area contributed by atoms with Crippen molar-refractivity contribution in [1.29, 1.82) is 0 Å². The van der Waals surface area contributed by atoms with E-state index in [0.717, 1.165) is 103 Å². The van der Waals surface area contributed by atoms with Gasteiger partial charge in [0.1, 0.15) is 13.2 Å². The molecular weight excluding hydrogens is 973 g/mol. The van der Waals surface area contributed by atoms with Gasteiger partial charge < -0.3 is 14.2 Å². The molecule has 0 saturated carbocycles. The van der Waals surface area contributed by atoms with E-state index < -0.39 is 6.10 Å². The topological polar surface area (TPSA) is 78.9 Å². The van der Waals surface area contributed by atoms with Crippen molar-refractivity contribution < 1.29 is 28.6 Å². The van der Waals surface area contributed by atoms with Gasteiger partial charge >= 0.3 is 17.9 Å². The van der Waals surface area contributed by atoms with Gasteiger partial charge in [-0.15, -0.1) is 0 Å². The first-order valence-corrected chi connectivity index (χ1v) is 34.1. The Balaban J connectivity index is 4.36. The molecule has 456 valence electrons. The standard InChI is InChI=1S/C73H128O6/c1-4-7-10-13-16-19-22-25-28-31-33-34-35-36-37-38-40-42-45-48-51-54-57-60-63-66-72(75)78-69-70(68-77-71(74)65-62-59-56-53-50-47-44-41-30-27-24-21-18-15-12-9-6-3)79-73(76)67-64-61-58-55-52-49-46-43-39-32-29-26-23-20-17-14-11-8-5-2/h7,10,16-17,19-20,25-26,28-29,33-34,36-37,70H,4-6,8-9,11-15,18,21-24,27,30-32,35,38-69H2,1-3H3/b10-7-,19-16-,20-17-,28-25-,29-26-,34-33-,37-36-. The van der Waals surface area contributed by atoms with Crippen LogP contribution in [0.5, 0.6) is 0 Å². The maximum absolute atomic E-state index is 12.9. The van der Waals surface area contributed by atoms with E-state index in [1.54, 1.807) is 0 Å². The highest BCUT2D eigenvalue weighted by Gasteiger charge is 2.19. The Morgan fingerprint density at radius 2 is 0.494 bits per heavy atom. The number of hydrogen-bond donors (Lipinski definition) is 0. The fourth-order valence-electron chi connectivity index (χ4n) is 9.80. The molecule has 0 radical (unpaired) electrons. The van der Waals surface area contributed by atoms with Crippen molar-refractivity contribution in [2.45, 2.75) is 348 Å². The molecule has 0 N–H and O–H groups in total. The Bertz CT molecular complexity index is 1500. The molecule has 0 rings (SSSR count). The van der Waals surface area contributed by atoms with Crippen LogP contribution in [0.2, 0.25) is 0 Å². The summed E-state index contributed by atoms with van der Waals surface area (Å²) in [4.78, 5) is 38.4. The number of allylic oxidation sites excluding steroid dienone is 14. The summed E-state index contributed by atoms with van der Waals surface area (Å²) in [5.74, 6) is -0.868. The molecule has 0 heterocycles. The Kier molecular flexibility index (Phi) is 64.2. The van der Waals surface area contributed by atoms with E-state index in [-0.39, 0.29) is 31.1 Å². The van der Waals surface area contributed by atoms with Gasteiger partial charge in [-0.1, -0.05) is 311 Å². The molecule has 0 saturated heterocycles. The molecule has 79 heavy (non-hydrogen) atoms. The van der Waals surface area contributed by atoms with E-state index in [1.807, 2.05) is 0 Å². The van der Waals surface area contributed by atoms with Gasteiger partial charge in [-0.3, -0.25) is 14.4 Å². The third-order valence-corrected chi connectivity index (χ3v) is 14.9. The van der Waals surface area contributed by atoms with Gasteiger partial charge in [-0.25, -0.2) is 0 Å². The van der Waals surface area contributed by atoms with Gasteiger partial charge in [0, 0.05) is 19.3 Å². The molecule has 0 aromatic heterocycles. The van der Waals surface area contributed by atoms with Gasteiger partial charge in [0.05, 0.1) is 0 Å². The molecule has 0 spiro atoms. The lowest BCUT2D eigenvalue weighted by molar-refractivity contribution is -0.167. The summed E-state index contributed by atoms with van der Waals surface area (Å²) < 4.78 is 17.0. The SMILES string of the molecule is CC/C=C\C/C=C\C/C=C\C/C=C\C/C=C\CCCCCCCCCCCC(=O)OCC(COC(=O)CCCCCCCCCCCCCCCCCCC)OC(=O)CCCCCCCCCCC/C=C\C/C=C\CCCCC. The number of carbonyl (C=O) groups excluding carboxylic acids is 3. The van der Waals surface area contributed by atoms with Crippen molar-refractivity contribution >= 4 is 17.9 Å². The van der Waals surface area contributed by atoms with Crippen LogP contribution in [0.1, 0.15) is 342 Å².